The Morgan fingerprint density at radius 1 is 1.27 bits per heavy atom. The van der Waals surface area contributed by atoms with Crippen LogP contribution in [0.25, 0.3) is 0 Å². The Kier molecular flexibility index (Phi) is 7.33. The van der Waals surface area contributed by atoms with Crippen LogP contribution >= 0.6 is 0 Å². The summed E-state index contributed by atoms with van der Waals surface area (Å²) in [4.78, 5) is 10.3. The van der Waals surface area contributed by atoms with Crippen LogP contribution in [0.2, 0.25) is 0 Å². The Morgan fingerprint density at radius 3 is 2.40 bits per heavy atom. The second-order valence-electron chi connectivity index (χ2n) is 3.07. The van der Waals surface area contributed by atoms with E-state index in [0.717, 1.165) is 12.0 Å². The molecule has 0 unspecified atom stereocenters. The molecule has 1 N–H and O–H groups in total. The number of hydrogen-bond donors (Lipinski definition) is 1. The molecule has 0 heterocycles. The molecule has 1 rings (SSSR count). The van der Waals surface area contributed by atoms with Gasteiger partial charge in [-0.05, 0) is 24.0 Å². The van der Waals surface area contributed by atoms with E-state index in [-0.39, 0.29) is 6.42 Å². The molecule has 0 saturated heterocycles. The van der Waals surface area contributed by atoms with Gasteiger partial charge in [-0.25, -0.2) is 0 Å². The Balaban J connectivity index is 0.000000921. The van der Waals surface area contributed by atoms with Gasteiger partial charge in [-0.1, -0.05) is 45.0 Å². The van der Waals surface area contributed by atoms with Gasteiger partial charge >= 0.3 is 5.97 Å². The average molecular weight is 208 g/mol. The molecule has 0 spiro atoms. The van der Waals surface area contributed by atoms with Crippen LogP contribution in [0.1, 0.15) is 38.3 Å². The lowest BCUT2D eigenvalue weighted by Gasteiger charge is -2.01. The number of aryl methyl sites for hydroxylation is 2. The number of aliphatic carboxylic acids is 1. The molecule has 0 saturated carbocycles. The van der Waals surface area contributed by atoms with Crippen LogP contribution in [0.4, 0.5) is 0 Å². The molecular weight excluding hydrogens is 188 g/mol. The molecule has 0 bridgehead atoms. The molecular formula is C13H20O2. The lowest BCUT2D eigenvalue weighted by Crippen LogP contribution is -1.97. The maximum atomic E-state index is 10.3. The molecule has 0 amide bonds. The monoisotopic (exact) mass is 208 g/mol. The zero-order chi connectivity index (χ0) is 11.7. The van der Waals surface area contributed by atoms with E-state index in [1.54, 1.807) is 0 Å². The first-order chi connectivity index (χ1) is 7.22. The highest BCUT2D eigenvalue weighted by Gasteiger charge is 1.99. The van der Waals surface area contributed by atoms with E-state index in [4.69, 9.17) is 5.11 Å². The second kappa shape index (κ2) is 8.04. The SMILES string of the molecule is CC.CCc1cccc(CCC(=O)O)c1. The van der Waals surface area contributed by atoms with E-state index in [2.05, 4.69) is 19.1 Å². The van der Waals surface area contributed by atoms with Gasteiger partial charge in [0.25, 0.3) is 0 Å². The first-order valence-electron chi connectivity index (χ1n) is 5.52. The van der Waals surface area contributed by atoms with Gasteiger partial charge in [0.05, 0.1) is 0 Å². The van der Waals surface area contributed by atoms with Gasteiger partial charge in [-0.15, -0.1) is 0 Å². The van der Waals surface area contributed by atoms with Crippen molar-refractivity contribution in [2.24, 2.45) is 0 Å². The van der Waals surface area contributed by atoms with E-state index in [9.17, 15) is 4.79 Å². The molecule has 1 aromatic rings. The minimum Gasteiger partial charge on any atom is -0.481 e. The van der Waals surface area contributed by atoms with Gasteiger partial charge in [0.2, 0.25) is 0 Å². The van der Waals surface area contributed by atoms with Crippen LogP contribution in [0.3, 0.4) is 0 Å². The predicted octanol–water partition coefficient (Wildman–Crippen LogP) is 3.29. The topological polar surface area (TPSA) is 37.3 Å². The van der Waals surface area contributed by atoms with Crippen molar-refractivity contribution in [2.45, 2.75) is 40.0 Å². The van der Waals surface area contributed by atoms with Crippen LogP contribution in [0.15, 0.2) is 24.3 Å². The van der Waals surface area contributed by atoms with Crippen molar-refractivity contribution in [1.82, 2.24) is 0 Å². The number of benzene rings is 1. The molecule has 0 atom stereocenters. The van der Waals surface area contributed by atoms with E-state index >= 15 is 0 Å². The van der Waals surface area contributed by atoms with Crippen molar-refractivity contribution < 1.29 is 9.90 Å². The fraction of sp³-hybridized carbons (Fsp3) is 0.462. The third-order valence-corrected chi connectivity index (χ3v) is 2.03. The highest BCUT2D eigenvalue weighted by atomic mass is 16.4. The number of rotatable bonds is 4. The minimum atomic E-state index is -0.734. The van der Waals surface area contributed by atoms with Gasteiger partial charge < -0.3 is 5.11 Å². The molecule has 15 heavy (non-hydrogen) atoms. The second-order valence-corrected chi connectivity index (χ2v) is 3.07. The molecule has 84 valence electrons. The lowest BCUT2D eigenvalue weighted by molar-refractivity contribution is -0.136. The van der Waals surface area contributed by atoms with E-state index in [0.29, 0.717) is 6.42 Å². The van der Waals surface area contributed by atoms with E-state index in [1.165, 1.54) is 5.56 Å². The van der Waals surface area contributed by atoms with Gasteiger partial charge in [0.1, 0.15) is 0 Å². The van der Waals surface area contributed by atoms with Crippen LogP contribution < -0.4 is 0 Å². The normalized spacial score (nSPS) is 9.00. The summed E-state index contributed by atoms with van der Waals surface area (Å²) < 4.78 is 0. The highest BCUT2D eigenvalue weighted by Crippen LogP contribution is 2.07. The summed E-state index contributed by atoms with van der Waals surface area (Å²) in [5.74, 6) is -0.734. The average Bonchev–Trinajstić information content (AvgIpc) is 2.29. The Hall–Kier alpha value is -1.31. The summed E-state index contributed by atoms with van der Waals surface area (Å²) in [6.45, 7) is 6.09. The molecule has 0 aliphatic carbocycles. The fourth-order valence-corrected chi connectivity index (χ4v) is 1.26. The van der Waals surface area contributed by atoms with Crippen molar-refractivity contribution >= 4 is 5.97 Å². The molecule has 0 aliphatic rings. The van der Waals surface area contributed by atoms with Gasteiger partial charge in [-0.2, -0.15) is 0 Å². The molecule has 0 fully saturated rings. The number of carboxylic acids is 1. The Morgan fingerprint density at radius 2 is 1.87 bits per heavy atom. The van der Waals surface area contributed by atoms with Gasteiger partial charge in [0.15, 0.2) is 0 Å². The minimum absolute atomic E-state index is 0.215. The summed E-state index contributed by atoms with van der Waals surface area (Å²) in [7, 11) is 0. The number of hydrogen-bond acceptors (Lipinski definition) is 1. The first-order valence-corrected chi connectivity index (χ1v) is 5.52. The molecule has 2 heteroatoms. The maximum absolute atomic E-state index is 10.3. The van der Waals surface area contributed by atoms with Crippen molar-refractivity contribution in [3.63, 3.8) is 0 Å². The van der Waals surface area contributed by atoms with Crippen LogP contribution in [0, 0.1) is 0 Å². The molecule has 0 aromatic heterocycles. The quantitative estimate of drug-likeness (QED) is 0.824. The fourth-order valence-electron chi connectivity index (χ4n) is 1.26. The standard InChI is InChI=1S/C11H14O2.C2H6/c1-2-9-4-3-5-10(8-9)6-7-11(12)13;1-2/h3-5,8H,2,6-7H2,1H3,(H,12,13);1-2H3. The summed E-state index contributed by atoms with van der Waals surface area (Å²) in [6.07, 6.45) is 1.84. The molecule has 1 aromatic carbocycles. The zero-order valence-corrected chi connectivity index (χ0v) is 9.79. The van der Waals surface area contributed by atoms with Crippen molar-refractivity contribution in [1.29, 1.82) is 0 Å². The first kappa shape index (κ1) is 13.7. The third kappa shape index (κ3) is 5.89. The summed E-state index contributed by atoms with van der Waals surface area (Å²) in [5.41, 5.74) is 2.38. The van der Waals surface area contributed by atoms with Crippen molar-refractivity contribution in [3.05, 3.63) is 35.4 Å². The van der Waals surface area contributed by atoms with E-state index in [1.807, 2.05) is 26.0 Å². The van der Waals surface area contributed by atoms with Crippen molar-refractivity contribution in [3.8, 4) is 0 Å². The highest BCUT2D eigenvalue weighted by molar-refractivity contribution is 5.67. The Bertz CT molecular complexity index is 292. The predicted molar refractivity (Wildman–Crippen MR) is 63.1 cm³/mol. The van der Waals surface area contributed by atoms with Crippen LogP contribution in [-0.4, -0.2) is 11.1 Å². The largest absolute Gasteiger partial charge is 0.481 e. The summed E-state index contributed by atoms with van der Waals surface area (Å²) in [5, 5.41) is 8.50. The smallest absolute Gasteiger partial charge is 0.303 e. The van der Waals surface area contributed by atoms with Crippen molar-refractivity contribution in [2.75, 3.05) is 0 Å². The Labute approximate surface area is 91.9 Å². The van der Waals surface area contributed by atoms with Crippen LogP contribution in [-0.2, 0) is 17.6 Å². The number of carbonyl (C=O) groups is 1. The maximum Gasteiger partial charge on any atom is 0.303 e. The third-order valence-electron chi connectivity index (χ3n) is 2.03. The summed E-state index contributed by atoms with van der Waals surface area (Å²) in [6, 6.07) is 8.09. The molecule has 2 nitrogen and oxygen atoms in total. The lowest BCUT2D eigenvalue weighted by atomic mass is 10.1. The molecule has 0 radical (unpaired) electrons. The van der Waals surface area contributed by atoms with Crippen LogP contribution in [0.5, 0.6) is 0 Å². The number of carboxylic acid groups (broad SMARTS) is 1. The zero-order valence-electron chi connectivity index (χ0n) is 9.79. The van der Waals surface area contributed by atoms with E-state index < -0.39 is 5.97 Å². The van der Waals surface area contributed by atoms with Gasteiger partial charge in [0, 0.05) is 6.42 Å². The molecule has 0 aliphatic heterocycles. The summed E-state index contributed by atoms with van der Waals surface area (Å²) >= 11 is 0. The van der Waals surface area contributed by atoms with Gasteiger partial charge in [-0.3, -0.25) is 4.79 Å².